The molecule has 35 heavy (non-hydrogen) atoms. The summed E-state index contributed by atoms with van der Waals surface area (Å²) in [7, 11) is 0. The van der Waals surface area contributed by atoms with Crippen molar-refractivity contribution in [1.82, 2.24) is 15.0 Å². The Morgan fingerprint density at radius 2 is 1.69 bits per heavy atom. The molecule has 2 heterocycles. The van der Waals surface area contributed by atoms with Crippen LogP contribution in [0.2, 0.25) is 0 Å². The maximum absolute atomic E-state index is 11.2. The molecule has 2 N–H and O–H groups in total. The molecule has 0 aliphatic heterocycles. The fourth-order valence-corrected chi connectivity index (χ4v) is 3.38. The first-order chi connectivity index (χ1) is 16.9. The number of carbonyl (C=O) groups is 1. The molecule has 0 amide bonds. The zero-order chi connectivity index (χ0) is 24.8. The fourth-order valence-electron chi connectivity index (χ4n) is 3.38. The first kappa shape index (κ1) is 24.0. The molecule has 4 aromatic rings. The molecule has 0 radical (unpaired) electrons. The molecule has 0 fully saturated rings. The highest BCUT2D eigenvalue weighted by Crippen LogP contribution is 2.31. The van der Waals surface area contributed by atoms with Crippen LogP contribution >= 0.6 is 0 Å². The van der Waals surface area contributed by atoms with E-state index >= 15 is 0 Å². The first-order valence-electron chi connectivity index (χ1n) is 11.6. The van der Waals surface area contributed by atoms with Crippen LogP contribution in [0, 0.1) is 5.41 Å². The molecule has 0 saturated carbocycles. The van der Waals surface area contributed by atoms with Gasteiger partial charge in [0.05, 0.1) is 29.6 Å². The Bertz CT molecular complexity index is 1280. The minimum Gasteiger partial charge on any atom is -0.493 e. The predicted octanol–water partition coefficient (Wildman–Crippen LogP) is 6.08. The van der Waals surface area contributed by atoms with Crippen LogP contribution in [0.15, 0.2) is 73.1 Å². The number of aromatic amines is 1. The number of hydrogen-bond donors (Lipinski definition) is 2. The molecule has 7 nitrogen and oxygen atoms in total. The molecule has 0 unspecified atom stereocenters. The zero-order valence-corrected chi connectivity index (χ0v) is 20.1. The second kappa shape index (κ2) is 10.4. The van der Waals surface area contributed by atoms with E-state index < -0.39 is 11.4 Å². The number of imidazole rings is 1. The average molecular weight is 472 g/mol. The number of aliphatic carboxylic acids is 1. The van der Waals surface area contributed by atoms with Crippen LogP contribution in [-0.2, 0) is 4.79 Å². The first-order valence-corrected chi connectivity index (χ1v) is 11.6. The van der Waals surface area contributed by atoms with Crippen LogP contribution in [0.3, 0.4) is 0 Å². The molecule has 0 atom stereocenters. The fraction of sp³-hybridized carbons (Fsp3) is 0.250. The molecular formula is C28H29N3O4. The van der Waals surface area contributed by atoms with Crippen molar-refractivity contribution < 1.29 is 19.4 Å². The van der Waals surface area contributed by atoms with Crippen molar-refractivity contribution >= 4 is 5.97 Å². The Morgan fingerprint density at radius 1 is 0.943 bits per heavy atom. The van der Waals surface area contributed by atoms with Gasteiger partial charge in [-0.1, -0.05) is 19.1 Å². The van der Waals surface area contributed by atoms with E-state index in [0.29, 0.717) is 12.4 Å². The van der Waals surface area contributed by atoms with E-state index in [-0.39, 0.29) is 6.61 Å². The summed E-state index contributed by atoms with van der Waals surface area (Å²) in [5.74, 6) is 1.29. The molecule has 2 aromatic heterocycles. The highest BCUT2D eigenvalue weighted by Gasteiger charge is 2.28. The minimum absolute atomic E-state index is 0.0922. The average Bonchev–Trinajstić information content (AvgIpc) is 3.37. The van der Waals surface area contributed by atoms with Gasteiger partial charge in [0.25, 0.3) is 0 Å². The second-order valence-corrected chi connectivity index (χ2v) is 8.92. The lowest BCUT2D eigenvalue weighted by molar-refractivity contribution is -0.148. The Hall–Kier alpha value is -4.13. The summed E-state index contributed by atoms with van der Waals surface area (Å²) in [4.78, 5) is 23.8. The monoisotopic (exact) mass is 471 g/mol. The van der Waals surface area contributed by atoms with E-state index in [2.05, 4.69) is 21.9 Å². The summed E-state index contributed by atoms with van der Waals surface area (Å²) in [6.07, 6.45) is 4.54. The number of benzene rings is 2. The van der Waals surface area contributed by atoms with E-state index in [1.807, 2.05) is 66.9 Å². The third-order valence-electron chi connectivity index (χ3n) is 5.58. The molecular weight excluding hydrogens is 442 g/mol. The summed E-state index contributed by atoms with van der Waals surface area (Å²) < 4.78 is 11.5. The van der Waals surface area contributed by atoms with E-state index in [0.717, 1.165) is 46.1 Å². The standard InChI is InChI=1S/C28H29N3O4/c1-4-15-34-25-8-6-5-7-22(25)24-17-30-26(31-24)20-11-14-23(29-16-20)19-9-12-21(13-10-19)35-18-28(2,3)27(32)33/h5-14,16-17H,4,15,18H2,1-3H3,(H,30,31)(H,32,33). The van der Waals surface area contributed by atoms with E-state index in [1.165, 1.54) is 0 Å². The third kappa shape index (κ3) is 5.69. The smallest absolute Gasteiger partial charge is 0.312 e. The maximum Gasteiger partial charge on any atom is 0.312 e. The van der Waals surface area contributed by atoms with Crippen molar-refractivity contribution in [3.63, 3.8) is 0 Å². The Kier molecular flexibility index (Phi) is 7.15. The highest BCUT2D eigenvalue weighted by atomic mass is 16.5. The number of rotatable bonds is 10. The summed E-state index contributed by atoms with van der Waals surface area (Å²) in [5.41, 5.74) is 3.53. The Labute approximate surface area is 204 Å². The lowest BCUT2D eigenvalue weighted by Crippen LogP contribution is -2.30. The van der Waals surface area contributed by atoms with Gasteiger partial charge >= 0.3 is 5.97 Å². The number of carboxylic acids is 1. The van der Waals surface area contributed by atoms with Gasteiger partial charge in [0.2, 0.25) is 0 Å². The maximum atomic E-state index is 11.2. The number of carboxylic acid groups (broad SMARTS) is 1. The predicted molar refractivity (Wildman–Crippen MR) is 135 cm³/mol. The Balaban J connectivity index is 1.46. The van der Waals surface area contributed by atoms with E-state index in [9.17, 15) is 9.90 Å². The van der Waals surface area contributed by atoms with Crippen molar-refractivity contribution in [3.05, 3.63) is 73.1 Å². The van der Waals surface area contributed by atoms with Gasteiger partial charge < -0.3 is 19.6 Å². The van der Waals surface area contributed by atoms with Crippen molar-refractivity contribution in [1.29, 1.82) is 0 Å². The number of aromatic nitrogens is 3. The van der Waals surface area contributed by atoms with Crippen molar-refractivity contribution in [2.75, 3.05) is 13.2 Å². The SMILES string of the molecule is CCCOc1ccccc1-c1cnc(-c2ccc(-c3ccc(OCC(C)(C)C(=O)O)cc3)nc2)[nH]1. The van der Waals surface area contributed by atoms with Gasteiger partial charge in [0.15, 0.2) is 0 Å². The van der Waals surface area contributed by atoms with Gasteiger partial charge in [-0.3, -0.25) is 9.78 Å². The van der Waals surface area contributed by atoms with Gasteiger partial charge in [-0.05, 0) is 68.8 Å². The largest absolute Gasteiger partial charge is 0.493 e. The number of nitrogens with zero attached hydrogens (tertiary/aromatic N) is 2. The molecule has 0 aliphatic carbocycles. The van der Waals surface area contributed by atoms with Crippen LogP contribution < -0.4 is 9.47 Å². The molecule has 0 aliphatic rings. The molecule has 2 aromatic carbocycles. The van der Waals surface area contributed by atoms with E-state index in [1.54, 1.807) is 20.0 Å². The van der Waals surface area contributed by atoms with Crippen LogP contribution in [0.25, 0.3) is 33.9 Å². The number of ether oxygens (including phenoxy) is 2. The van der Waals surface area contributed by atoms with Gasteiger partial charge in [-0.15, -0.1) is 0 Å². The topological polar surface area (TPSA) is 97.3 Å². The minimum atomic E-state index is -0.952. The summed E-state index contributed by atoms with van der Waals surface area (Å²) in [6.45, 7) is 6.11. The number of nitrogens with one attached hydrogen (secondary N) is 1. The lowest BCUT2D eigenvalue weighted by atomic mass is 9.95. The lowest BCUT2D eigenvalue weighted by Gasteiger charge is -2.19. The number of hydrogen-bond acceptors (Lipinski definition) is 5. The van der Waals surface area contributed by atoms with Crippen molar-refractivity contribution in [3.8, 4) is 45.4 Å². The summed E-state index contributed by atoms with van der Waals surface area (Å²) >= 11 is 0. The molecule has 7 heteroatoms. The summed E-state index contributed by atoms with van der Waals surface area (Å²) in [5, 5.41) is 9.22. The molecule has 180 valence electrons. The second-order valence-electron chi connectivity index (χ2n) is 8.92. The van der Waals surface area contributed by atoms with Crippen LogP contribution in [0.1, 0.15) is 27.2 Å². The number of para-hydroxylation sites is 1. The zero-order valence-electron chi connectivity index (χ0n) is 20.1. The van der Waals surface area contributed by atoms with Crippen LogP contribution in [0.4, 0.5) is 0 Å². The van der Waals surface area contributed by atoms with Gasteiger partial charge in [0, 0.05) is 22.9 Å². The molecule has 0 saturated heterocycles. The van der Waals surface area contributed by atoms with Gasteiger partial charge in [0.1, 0.15) is 23.9 Å². The van der Waals surface area contributed by atoms with Crippen molar-refractivity contribution in [2.45, 2.75) is 27.2 Å². The van der Waals surface area contributed by atoms with Gasteiger partial charge in [-0.2, -0.15) is 0 Å². The Morgan fingerprint density at radius 3 is 2.37 bits per heavy atom. The highest BCUT2D eigenvalue weighted by molar-refractivity contribution is 5.74. The third-order valence-corrected chi connectivity index (χ3v) is 5.58. The van der Waals surface area contributed by atoms with Crippen LogP contribution in [0.5, 0.6) is 11.5 Å². The number of pyridine rings is 1. The van der Waals surface area contributed by atoms with Gasteiger partial charge in [-0.25, -0.2) is 4.98 Å². The summed E-state index contributed by atoms with van der Waals surface area (Å²) in [6, 6.07) is 19.3. The number of H-pyrrole nitrogens is 1. The quantitative estimate of drug-likeness (QED) is 0.291. The van der Waals surface area contributed by atoms with E-state index in [4.69, 9.17) is 9.47 Å². The molecule has 4 rings (SSSR count). The molecule has 0 bridgehead atoms. The van der Waals surface area contributed by atoms with Crippen molar-refractivity contribution in [2.24, 2.45) is 5.41 Å². The van der Waals surface area contributed by atoms with Crippen LogP contribution in [-0.4, -0.2) is 39.2 Å². The molecule has 0 spiro atoms. The normalized spacial score (nSPS) is 11.3.